The second kappa shape index (κ2) is 11.2. The van der Waals surface area contributed by atoms with Crippen LogP contribution < -0.4 is 10.1 Å². The first-order chi connectivity index (χ1) is 15.7. The summed E-state index contributed by atoms with van der Waals surface area (Å²) in [5, 5.41) is 13.0. The number of rotatable bonds is 9. The molecular formula is C25H30N4O2S. The van der Waals surface area contributed by atoms with Crippen molar-refractivity contribution in [3.63, 3.8) is 0 Å². The molecule has 1 amide bonds. The van der Waals surface area contributed by atoms with Crippen molar-refractivity contribution in [1.82, 2.24) is 20.1 Å². The molecule has 0 saturated heterocycles. The molecule has 3 aromatic rings. The summed E-state index contributed by atoms with van der Waals surface area (Å²) < 4.78 is 7.46. The van der Waals surface area contributed by atoms with E-state index in [4.69, 9.17) is 4.74 Å². The van der Waals surface area contributed by atoms with E-state index in [9.17, 15) is 4.79 Å². The van der Waals surface area contributed by atoms with Crippen molar-refractivity contribution < 1.29 is 9.53 Å². The molecule has 6 nitrogen and oxygen atoms in total. The third-order valence-electron chi connectivity index (χ3n) is 5.73. The molecule has 1 saturated carbocycles. The van der Waals surface area contributed by atoms with Gasteiger partial charge >= 0.3 is 0 Å². The van der Waals surface area contributed by atoms with E-state index in [1.165, 1.54) is 19.3 Å². The number of benzene rings is 2. The van der Waals surface area contributed by atoms with Crippen LogP contribution in [-0.2, 0) is 4.79 Å². The van der Waals surface area contributed by atoms with Gasteiger partial charge in [-0.1, -0.05) is 61.4 Å². The van der Waals surface area contributed by atoms with Crippen LogP contribution in [0.2, 0.25) is 0 Å². The summed E-state index contributed by atoms with van der Waals surface area (Å²) >= 11 is 1.63. The molecule has 32 heavy (non-hydrogen) atoms. The summed E-state index contributed by atoms with van der Waals surface area (Å²) in [4.78, 5) is 12.3. The maximum atomic E-state index is 12.3. The zero-order valence-electron chi connectivity index (χ0n) is 18.5. The fourth-order valence-corrected chi connectivity index (χ4v) is 4.96. The SMILES string of the molecule is COc1cccc(-c2nnc(SCCCC(=O)NC3CCCCC3)n2-c2ccccc2)c1. The first kappa shape index (κ1) is 22.4. The van der Waals surface area contributed by atoms with Crippen LogP contribution in [0.3, 0.4) is 0 Å². The summed E-state index contributed by atoms with van der Waals surface area (Å²) in [5.74, 6) is 2.52. The predicted molar refractivity (Wildman–Crippen MR) is 128 cm³/mol. The maximum absolute atomic E-state index is 12.3. The summed E-state index contributed by atoms with van der Waals surface area (Å²) in [5.41, 5.74) is 1.95. The zero-order valence-corrected chi connectivity index (χ0v) is 19.3. The molecule has 1 aliphatic rings. The minimum Gasteiger partial charge on any atom is -0.497 e. The summed E-state index contributed by atoms with van der Waals surface area (Å²) in [6, 6.07) is 18.3. The molecule has 168 valence electrons. The average molecular weight is 451 g/mol. The number of hydrogen-bond donors (Lipinski definition) is 1. The van der Waals surface area contributed by atoms with Gasteiger partial charge in [0, 0.05) is 29.5 Å². The zero-order chi connectivity index (χ0) is 22.2. The minimum absolute atomic E-state index is 0.166. The molecule has 7 heteroatoms. The topological polar surface area (TPSA) is 69.0 Å². The Hall–Kier alpha value is -2.80. The van der Waals surface area contributed by atoms with Crippen molar-refractivity contribution in [2.24, 2.45) is 0 Å². The molecule has 2 aromatic carbocycles. The number of amides is 1. The van der Waals surface area contributed by atoms with E-state index in [-0.39, 0.29) is 5.91 Å². The molecule has 0 unspecified atom stereocenters. The third-order valence-corrected chi connectivity index (χ3v) is 6.74. The fraction of sp³-hybridized carbons (Fsp3) is 0.400. The van der Waals surface area contributed by atoms with Crippen LogP contribution in [0.4, 0.5) is 0 Å². The molecule has 1 fully saturated rings. The van der Waals surface area contributed by atoms with Crippen molar-refractivity contribution in [3.8, 4) is 22.8 Å². The van der Waals surface area contributed by atoms with E-state index in [1.54, 1.807) is 18.9 Å². The van der Waals surface area contributed by atoms with Gasteiger partial charge in [-0.15, -0.1) is 10.2 Å². The van der Waals surface area contributed by atoms with E-state index in [1.807, 2.05) is 42.5 Å². The molecule has 0 bridgehead atoms. The molecule has 1 aromatic heterocycles. The lowest BCUT2D eigenvalue weighted by Gasteiger charge is -2.22. The number of hydrogen-bond acceptors (Lipinski definition) is 5. The Balaban J connectivity index is 1.43. The van der Waals surface area contributed by atoms with Crippen molar-refractivity contribution >= 4 is 17.7 Å². The Labute approximate surface area is 193 Å². The van der Waals surface area contributed by atoms with Crippen LogP contribution in [0.15, 0.2) is 59.8 Å². The highest BCUT2D eigenvalue weighted by Crippen LogP contribution is 2.30. The van der Waals surface area contributed by atoms with Gasteiger partial charge in [-0.3, -0.25) is 9.36 Å². The lowest BCUT2D eigenvalue weighted by Crippen LogP contribution is -2.36. The van der Waals surface area contributed by atoms with Crippen molar-refractivity contribution in [1.29, 1.82) is 0 Å². The molecule has 1 aliphatic carbocycles. The standard InChI is InChI=1S/C25H30N4O2S/c1-31-22-15-8-10-19(18-22)24-27-28-25(29(24)21-13-6-3-7-14-21)32-17-9-16-23(30)26-20-11-4-2-5-12-20/h3,6-8,10,13-15,18,20H,2,4-5,9,11-12,16-17H2,1H3,(H,26,30). The molecular weight excluding hydrogens is 420 g/mol. The van der Waals surface area contributed by atoms with E-state index >= 15 is 0 Å². The van der Waals surface area contributed by atoms with Crippen LogP contribution in [-0.4, -0.2) is 39.6 Å². The van der Waals surface area contributed by atoms with Gasteiger partial charge < -0.3 is 10.1 Å². The Bertz CT molecular complexity index is 1020. The predicted octanol–water partition coefficient (Wildman–Crippen LogP) is 5.26. The number of methoxy groups -OCH3 is 1. The summed E-state index contributed by atoms with van der Waals surface area (Å²) in [7, 11) is 1.66. The third kappa shape index (κ3) is 5.71. The molecule has 1 N–H and O–H groups in total. The highest BCUT2D eigenvalue weighted by Gasteiger charge is 2.18. The number of ether oxygens (including phenoxy) is 1. The van der Waals surface area contributed by atoms with Crippen LogP contribution in [0.1, 0.15) is 44.9 Å². The molecule has 0 spiro atoms. The van der Waals surface area contributed by atoms with E-state index in [0.717, 1.165) is 53.0 Å². The smallest absolute Gasteiger partial charge is 0.220 e. The van der Waals surface area contributed by atoms with Gasteiger partial charge in [0.15, 0.2) is 11.0 Å². The Morgan fingerprint density at radius 3 is 2.69 bits per heavy atom. The number of thioether (sulfide) groups is 1. The maximum Gasteiger partial charge on any atom is 0.220 e. The minimum atomic E-state index is 0.166. The number of carbonyl (C=O) groups excluding carboxylic acids is 1. The Morgan fingerprint density at radius 1 is 1.09 bits per heavy atom. The first-order valence-corrected chi connectivity index (χ1v) is 12.3. The number of nitrogens with one attached hydrogen (secondary N) is 1. The van der Waals surface area contributed by atoms with Gasteiger partial charge in [0.25, 0.3) is 0 Å². The van der Waals surface area contributed by atoms with Gasteiger partial charge in [-0.05, 0) is 43.5 Å². The Morgan fingerprint density at radius 2 is 1.91 bits per heavy atom. The molecule has 0 aliphatic heterocycles. The number of nitrogens with zero attached hydrogens (tertiary/aromatic N) is 3. The average Bonchev–Trinajstić information content (AvgIpc) is 3.27. The normalized spacial score (nSPS) is 14.3. The quantitative estimate of drug-likeness (QED) is 0.356. The highest BCUT2D eigenvalue weighted by molar-refractivity contribution is 7.99. The summed E-state index contributed by atoms with van der Waals surface area (Å²) in [6.07, 6.45) is 7.34. The second-order valence-electron chi connectivity index (χ2n) is 8.06. The van der Waals surface area contributed by atoms with Crippen LogP contribution in [0.5, 0.6) is 5.75 Å². The van der Waals surface area contributed by atoms with Gasteiger partial charge in [-0.25, -0.2) is 0 Å². The monoisotopic (exact) mass is 450 g/mol. The van der Waals surface area contributed by atoms with Gasteiger partial charge in [0.1, 0.15) is 5.75 Å². The van der Waals surface area contributed by atoms with Crippen LogP contribution in [0.25, 0.3) is 17.1 Å². The lowest BCUT2D eigenvalue weighted by molar-refractivity contribution is -0.122. The molecule has 0 atom stereocenters. The highest BCUT2D eigenvalue weighted by atomic mass is 32.2. The Kier molecular flexibility index (Phi) is 7.82. The first-order valence-electron chi connectivity index (χ1n) is 11.3. The van der Waals surface area contributed by atoms with Gasteiger partial charge in [0.05, 0.1) is 7.11 Å². The number of aromatic nitrogens is 3. The molecule has 4 rings (SSSR count). The molecule has 0 radical (unpaired) electrons. The van der Waals surface area contributed by atoms with E-state index in [2.05, 4.69) is 32.2 Å². The number of para-hydroxylation sites is 1. The summed E-state index contributed by atoms with van der Waals surface area (Å²) in [6.45, 7) is 0. The van der Waals surface area contributed by atoms with E-state index < -0.39 is 0 Å². The largest absolute Gasteiger partial charge is 0.497 e. The van der Waals surface area contributed by atoms with Crippen molar-refractivity contribution in [3.05, 3.63) is 54.6 Å². The van der Waals surface area contributed by atoms with E-state index in [0.29, 0.717) is 12.5 Å². The molecule has 1 heterocycles. The van der Waals surface area contributed by atoms with Gasteiger partial charge in [-0.2, -0.15) is 0 Å². The van der Waals surface area contributed by atoms with Gasteiger partial charge in [0.2, 0.25) is 5.91 Å². The lowest BCUT2D eigenvalue weighted by atomic mass is 9.95. The fourth-order valence-electron chi connectivity index (χ4n) is 4.07. The second-order valence-corrected chi connectivity index (χ2v) is 9.13. The van der Waals surface area contributed by atoms with Crippen LogP contribution in [0, 0.1) is 0 Å². The van der Waals surface area contributed by atoms with Crippen molar-refractivity contribution in [2.45, 2.75) is 56.1 Å². The number of carbonyl (C=O) groups is 1. The van der Waals surface area contributed by atoms with Crippen molar-refractivity contribution in [2.75, 3.05) is 12.9 Å². The van der Waals surface area contributed by atoms with Crippen LogP contribution >= 0.6 is 11.8 Å².